The van der Waals surface area contributed by atoms with E-state index in [1.54, 1.807) is 25.1 Å². The number of benzene rings is 1. The minimum atomic E-state index is -0.525. The summed E-state index contributed by atoms with van der Waals surface area (Å²) in [6, 6.07) is 4.27. The quantitative estimate of drug-likeness (QED) is 0.887. The molecule has 7 heteroatoms. The van der Waals surface area contributed by atoms with Gasteiger partial charge in [0.25, 0.3) is 5.91 Å². The number of nitrogens with one attached hydrogen (secondary N) is 2. The molecular weight excluding hydrogens is 282 g/mol. The van der Waals surface area contributed by atoms with Crippen molar-refractivity contribution in [2.45, 2.75) is 13.0 Å². The monoisotopic (exact) mass is 297 g/mol. The van der Waals surface area contributed by atoms with Crippen LogP contribution in [0.3, 0.4) is 0 Å². The second kappa shape index (κ2) is 6.00. The van der Waals surface area contributed by atoms with Crippen LogP contribution < -0.4 is 15.4 Å². The maximum absolute atomic E-state index is 12.1. The molecule has 1 aliphatic rings. The predicted octanol–water partition coefficient (Wildman–Crippen LogP) is 1.70. The molecule has 1 aromatic carbocycles. The summed E-state index contributed by atoms with van der Waals surface area (Å²) in [5.41, 5.74) is 0.691. The summed E-state index contributed by atoms with van der Waals surface area (Å²) < 4.78 is 5.06. The van der Waals surface area contributed by atoms with Gasteiger partial charge in [0.15, 0.2) is 0 Å². The highest BCUT2D eigenvalue weighted by atomic mass is 35.5. The zero-order chi connectivity index (χ0) is 14.7. The van der Waals surface area contributed by atoms with E-state index in [1.165, 1.54) is 12.0 Å². The van der Waals surface area contributed by atoms with Crippen LogP contribution >= 0.6 is 11.6 Å². The molecule has 2 rings (SSSR count). The van der Waals surface area contributed by atoms with Gasteiger partial charge in [0.05, 0.1) is 12.1 Å². The molecule has 0 spiro atoms. The molecule has 1 atom stereocenters. The van der Waals surface area contributed by atoms with E-state index in [0.29, 0.717) is 29.5 Å². The number of halogens is 1. The molecule has 0 bridgehead atoms. The van der Waals surface area contributed by atoms with Gasteiger partial charge in [-0.1, -0.05) is 11.6 Å². The molecule has 6 nitrogen and oxygen atoms in total. The van der Waals surface area contributed by atoms with Gasteiger partial charge >= 0.3 is 6.03 Å². The Morgan fingerprint density at radius 3 is 2.85 bits per heavy atom. The molecule has 3 amide bonds. The first-order valence-electron chi connectivity index (χ1n) is 6.22. The summed E-state index contributed by atoms with van der Waals surface area (Å²) in [6.07, 6.45) is 0. The molecule has 0 aliphatic carbocycles. The first-order valence-corrected chi connectivity index (χ1v) is 6.60. The average Bonchev–Trinajstić information content (AvgIpc) is 2.84. The number of hydrogen-bond acceptors (Lipinski definition) is 4. The van der Waals surface area contributed by atoms with E-state index >= 15 is 0 Å². The lowest BCUT2D eigenvalue weighted by molar-refractivity contribution is -0.128. The van der Waals surface area contributed by atoms with Gasteiger partial charge in [-0.25, -0.2) is 4.79 Å². The van der Waals surface area contributed by atoms with Crippen LogP contribution in [-0.4, -0.2) is 43.1 Å². The van der Waals surface area contributed by atoms with Crippen LogP contribution in [0.1, 0.15) is 6.92 Å². The van der Waals surface area contributed by atoms with Crippen molar-refractivity contribution in [3.8, 4) is 5.75 Å². The zero-order valence-electron chi connectivity index (χ0n) is 11.3. The highest BCUT2D eigenvalue weighted by Gasteiger charge is 2.29. The van der Waals surface area contributed by atoms with Crippen molar-refractivity contribution < 1.29 is 14.3 Å². The molecule has 0 saturated carbocycles. The van der Waals surface area contributed by atoms with Gasteiger partial charge in [-0.15, -0.1) is 0 Å². The Hall–Kier alpha value is -1.95. The molecule has 1 aromatic rings. The minimum absolute atomic E-state index is 0.271. The van der Waals surface area contributed by atoms with Crippen molar-refractivity contribution in [2.75, 3.05) is 25.5 Å². The minimum Gasteiger partial charge on any atom is -0.495 e. The van der Waals surface area contributed by atoms with Gasteiger partial charge in [-0.05, 0) is 25.1 Å². The number of carbonyl (C=O) groups is 2. The fourth-order valence-electron chi connectivity index (χ4n) is 1.98. The van der Waals surface area contributed by atoms with Gasteiger partial charge in [0, 0.05) is 18.8 Å². The fraction of sp³-hybridized carbons (Fsp3) is 0.385. The van der Waals surface area contributed by atoms with Crippen molar-refractivity contribution in [1.29, 1.82) is 0 Å². The van der Waals surface area contributed by atoms with Gasteiger partial charge in [0.2, 0.25) is 0 Å². The lowest BCUT2D eigenvalue weighted by Crippen LogP contribution is -2.43. The number of imide groups is 1. The standard InChI is InChI=1S/C13H16ClN3O3/c1-8(12(18)17-6-5-15-13(17)19)16-9-3-4-11(20-2)10(14)7-9/h3-4,7-8,16H,5-6H2,1-2H3,(H,15,19). The maximum Gasteiger partial charge on any atom is 0.324 e. The van der Waals surface area contributed by atoms with Crippen LogP contribution in [0.25, 0.3) is 0 Å². The van der Waals surface area contributed by atoms with Crippen molar-refractivity contribution >= 4 is 29.2 Å². The molecule has 2 N–H and O–H groups in total. The van der Waals surface area contributed by atoms with Gasteiger partial charge in [0.1, 0.15) is 11.8 Å². The summed E-state index contributed by atoms with van der Waals surface area (Å²) in [5, 5.41) is 6.07. The predicted molar refractivity (Wildman–Crippen MR) is 76.2 cm³/mol. The summed E-state index contributed by atoms with van der Waals surface area (Å²) >= 11 is 6.02. The Morgan fingerprint density at radius 1 is 1.55 bits per heavy atom. The van der Waals surface area contributed by atoms with Crippen molar-refractivity contribution in [2.24, 2.45) is 0 Å². The van der Waals surface area contributed by atoms with Crippen molar-refractivity contribution in [3.63, 3.8) is 0 Å². The number of urea groups is 1. The molecule has 0 radical (unpaired) electrons. The van der Waals surface area contributed by atoms with Crippen LogP contribution in [0.5, 0.6) is 5.75 Å². The number of amides is 3. The van der Waals surface area contributed by atoms with E-state index in [2.05, 4.69) is 10.6 Å². The van der Waals surface area contributed by atoms with E-state index in [1.807, 2.05) is 0 Å². The lowest BCUT2D eigenvalue weighted by Gasteiger charge is -2.20. The zero-order valence-corrected chi connectivity index (χ0v) is 12.0. The van der Waals surface area contributed by atoms with E-state index in [4.69, 9.17) is 16.3 Å². The molecule has 1 aliphatic heterocycles. The van der Waals surface area contributed by atoms with Crippen LogP contribution in [0.4, 0.5) is 10.5 Å². The second-order valence-electron chi connectivity index (χ2n) is 4.44. The number of carbonyl (C=O) groups excluding carboxylic acids is 2. The molecule has 1 heterocycles. The maximum atomic E-state index is 12.1. The number of nitrogens with zero attached hydrogens (tertiary/aromatic N) is 1. The Kier molecular flexibility index (Phi) is 4.34. The van der Waals surface area contributed by atoms with E-state index in [0.717, 1.165) is 0 Å². The number of anilines is 1. The van der Waals surface area contributed by atoms with Crippen LogP contribution in [-0.2, 0) is 4.79 Å². The van der Waals surface area contributed by atoms with Crippen LogP contribution in [0.2, 0.25) is 5.02 Å². The van der Waals surface area contributed by atoms with E-state index in [-0.39, 0.29) is 11.9 Å². The van der Waals surface area contributed by atoms with Crippen LogP contribution in [0.15, 0.2) is 18.2 Å². The fourth-order valence-corrected chi connectivity index (χ4v) is 2.24. The molecule has 1 unspecified atom stereocenters. The largest absolute Gasteiger partial charge is 0.495 e. The number of methoxy groups -OCH3 is 1. The molecule has 1 fully saturated rings. The SMILES string of the molecule is COc1ccc(NC(C)C(=O)N2CCNC2=O)cc1Cl. The van der Waals surface area contributed by atoms with Crippen LogP contribution in [0, 0.1) is 0 Å². The molecule has 20 heavy (non-hydrogen) atoms. The van der Waals surface area contributed by atoms with Crippen molar-refractivity contribution in [3.05, 3.63) is 23.2 Å². The van der Waals surface area contributed by atoms with Crippen molar-refractivity contribution in [1.82, 2.24) is 10.2 Å². The normalized spacial score (nSPS) is 15.8. The van der Waals surface area contributed by atoms with Gasteiger partial charge in [-0.3, -0.25) is 9.69 Å². The van der Waals surface area contributed by atoms with Gasteiger partial charge in [-0.2, -0.15) is 0 Å². The summed E-state index contributed by atoms with van der Waals surface area (Å²) in [5.74, 6) is 0.294. The molecule has 0 aromatic heterocycles. The summed E-state index contributed by atoms with van der Waals surface area (Å²) in [6.45, 7) is 2.59. The smallest absolute Gasteiger partial charge is 0.324 e. The Balaban J connectivity index is 2.03. The highest BCUT2D eigenvalue weighted by molar-refractivity contribution is 6.32. The van der Waals surface area contributed by atoms with E-state index in [9.17, 15) is 9.59 Å². The molecule has 1 saturated heterocycles. The molecular formula is C13H16ClN3O3. The average molecular weight is 298 g/mol. The number of rotatable bonds is 4. The van der Waals surface area contributed by atoms with E-state index < -0.39 is 6.04 Å². The third-order valence-corrected chi connectivity index (χ3v) is 3.32. The number of ether oxygens (including phenoxy) is 1. The Morgan fingerprint density at radius 2 is 2.30 bits per heavy atom. The Labute approximate surface area is 122 Å². The third-order valence-electron chi connectivity index (χ3n) is 3.03. The summed E-state index contributed by atoms with van der Waals surface area (Å²) in [7, 11) is 1.53. The third kappa shape index (κ3) is 2.96. The van der Waals surface area contributed by atoms with Gasteiger partial charge < -0.3 is 15.4 Å². The molecule has 108 valence electrons. The first-order chi connectivity index (χ1) is 9.52. The number of hydrogen-bond donors (Lipinski definition) is 2. The summed E-state index contributed by atoms with van der Waals surface area (Å²) in [4.78, 5) is 24.7. The Bertz CT molecular complexity index is 536. The second-order valence-corrected chi connectivity index (χ2v) is 4.84. The first kappa shape index (κ1) is 14.5. The highest BCUT2D eigenvalue weighted by Crippen LogP contribution is 2.27. The topological polar surface area (TPSA) is 70.7 Å². The lowest BCUT2D eigenvalue weighted by atomic mass is 10.2.